The second kappa shape index (κ2) is 9.61. The number of carbonyl (C=O) groups excluding carboxylic acids is 2. The van der Waals surface area contributed by atoms with Gasteiger partial charge in [0.2, 0.25) is 6.29 Å². The van der Waals surface area contributed by atoms with Gasteiger partial charge in [-0.25, -0.2) is 4.79 Å². The molecule has 0 amide bonds. The van der Waals surface area contributed by atoms with Crippen LogP contribution in [0.2, 0.25) is 0 Å². The quantitative estimate of drug-likeness (QED) is 0.290. The van der Waals surface area contributed by atoms with E-state index in [1.807, 2.05) is 6.92 Å². The van der Waals surface area contributed by atoms with E-state index in [4.69, 9.17) is 18.9 Å². The van der Waals surface area contributed by atoms with E-state index in [9.17, 15) is 34.8 Å². The molecule has 2 aliphatic heterocycles. The van der Waals surface area contributed by atoms with Crippen molar-refractivity contribution in [2.24, 2.45) is 17.8 Å². The number of aliphatic carboxylic acids is 1. The number of carboxylic acids is 1. The van der Waals surface area contributed by atoms with E-state index in [1.54, 1.807) is 0 Å². The number of ether oxygens (including phenoxy) is 4. The summed E-state index contributed by atoms with van der Waals surface area (Å²) in [7, 11) is 0. The molecule has 0 aromatic heterocycles. The molecule has 11 heteroatoms. The molecule has 2 fully saturated rings. The molecule has 0 aromatic rings. The summed E-state index contributed by atoms with van der Waals surface area (Å²) in [5.74, 6) is -2.78. The number of aliphatic hydroxyl groups is 3. The zero-order chi connectivity index (χ0) is 22.9. The molecule has 1 saturated heterocycles. The lowest BCUT2D eigenvalue weighted by atomic mass is 9.83. The van der Waals surface area contributed by atoms with E-state index in [2.05, 4.69) is 0 Å². The largest absolute Gasteiger partial charge is 0.478 e. The molecule has 0 aromatic carbocycles. The van der Waals surface area contributed by atoms with E-state index in [-0.39, 0.29) is 23.3 Å². The van der Waals surface area contributed by atoms with Crippen LogP contribution in [0, 0.1) is 17.8 Å². The highest BCUT2D eigenvalue weighted by Gasteiger charge is 2.51. The summed E-state index contributed by atoms with van der Waals surface area (Å²) in [6, 6.07) is 0. The summed E-state index contributed by atoms with van der Waals surface area (Å²) in [6.45, 7) is 2.71. The highest BCUT2D eigenvalue weighted by molar-refractivity contribution is 5.94. The maximum absolute atomic E-state index is 11.6. The number of aliphatic hydroxyl groups excluding tert-OH is 3. The Morgan fingerprint density at radius 1 is 1.10 bits per heavy atom. The molecule has 3 rings (SSSR count). The first-order valence-corrected chi connectivity index (χ1v) is 10.2. The Morgan fingerprint density at radius 2 is 1.81 bits per heavy atom. The molecule has 1 aliphatic carbocycles. The molecule has 3 aliphatic rings. The normalized spacial score (nSPS) is 39.8. The third-order valence-corrected chi connectivity index (χ3v) is 6.08. The maximum Gasteiger partial charge on any atom is 0.334 e. The lowest BCUT2D eigenvalue weighted by molar-refractivity contribution is -0.342. The van der Waals surface area contributed by atoms with Crippen LogP contribution < -0.4 is 0 Å². The second-order valence-corrected chi connectivity index (χ2v) is 8.33. The number of ketones is 1. The molecule has 4 N–H and O–H groups in total. The topological polar surface area (TPSA) is 169 Å². The van der Waals surface area contributed by atoms with Gasteiger partial charge in [0.25, 0.3) is 0 Å². The number of hydrogen-bond donors (Lipinski definition) is 4. The number of fused-ring (bicyclic) bond motifs is 1. The van der Waals surface area contributed by atoms with Gasteiger partial charge in [0, 0.05) is 11.8 Å². The molecule has 1 saturated carbocycles. The van der Waals surface area contributed by atoms with Gasteiger partial charge < -0.3 is 39.4 Å². The number of Topliss-reactive ketones (excluding diaryl/α,β-unsaturated/α-hetero) is 1. The Balaban J connectivity index is 1.69. The lowest BCUT2D eigenvalue weighted by Crippen LogP contribution is -2.60. The smallest absolute Gasteiger partial charge is 0.334 e. The van der Waals surface area contributed by atoms with Crippen LogP contribution in [0.5, 0.6) is 0 Å². The molecule has 2 heterocycles. The number of esters is 1. The molecule has 9 atom stereocenters. The average molecular weight is 444 g/mol. The van der Waals surface area contributed by atoms with E-state index >= 15 is 0 Å². The SMILES string of the molecule is CC(=O)CC(=O)OC[C@H]1O[C@@H](O[C@H]2OC=C(C(=O)O)[C@@H]3CC[C@H](C)[C@H]23)[C@H](O)[C@@H](O)[C@@H]1O. The summed E-state index contributed by atoms with van der Waals surface area (Å²) in [5.41, 5.74) is 0.157. The van der Waals surface area contributed by atoms with Gasteiger partial charge in [0.05, 0.1) is 11.8 Å². The Labute approximate surface area is 178 Å². The molecule has 174 valence electrons. The summed E-state index contributed by atoms with van der Waals surface area (Å²) >= 11 is 0. The van der Waals surface area contributed by atoms with Crippen molar-refractivity contribution in [3.63, 3.8) is 0 Å². The zero-order valence-electron chi connectivity index (χ0n) is 17.2. The summed E-state index contributed by atoms with van der Waals surface area (Å²) < 4.78 is 21.7. The summed E-state index contributed by atoms with van der Waals surface area (Å²) in [4.78, 5) is 34.1. The molecular formula is C20H28O11. The van der Waals surface area contributed by atoms with Crippen LogP contribution in [-0.4, -0.2) is 81.8 Å². The monoisotopic (exact) mass is 444 g/mol. The summed E-state index contributed by atoms with van der Waals surface area (Å²) in [6.07, 6.45) is -6.31. The zero-order valence-corrected chi connectivity index (χ0v) is 17.2. The van der Waals surface area contributed by atoms with Crippen molar-refractivity contribution in [3.8, 4) is 0 Å². The van der Waals surface area contributed by atoms with Crippen LogP contribution in [-0.2, 0) is 33.3 Å². The first-order valence-electron chi connectivity index (χ1n) is 10.2. The second-order valence-electron chi connectivity index (χ2n) is 8.33. The van der Waals surface area contributed by atoms with Gasteiger partial charge in [-0.3, -0.25) is 9.59 Å². The highest BCUT2D eigenvalue weighted by Crippen LogP contribution is 2.47. The Bertz CT molecular complexity index is 735. The van der Waals surface area contributed by atoms with Crippen molar-refractivity contribution in [1.29, 1.82) is 0 Å². The maximum atomic E-state index is 11.6. The Hall–Kier alpha value is -2.05. The molecule has 0 unspecified atom stereocenters. The first kappa shape index (κ1) is 23.6. The number of carboxylic acid groups (broad SMARTS) is 1. The third kappa shape index (κ3) is 5.07. The molecule has 0 spiro atoms. The fourth-order valence-corrected chi connectivity index (χ4v) is 4.42. The third-order valence-electron chi connectivity index (χ3n) is 6.08. The van der Waals surface area contributed by atoms with Gasteiger partial charge in [0.15, 0.2) is 6.29 Å². The van der Waals surface area contributed by atoms with Gasteiger partial charge in [-0.05, 0) is 25.7 Å². The minimum atomic E-state index is -1.65. The van der Waals surface area contributed by atoms with E-state index in [0.29, 0.717) is 6.42 Å². The van der Waals surface area contributed by atoms with Crippen molar-refractivity contribution < 1.29 is 53.8 Å². The molecule has 31 heavy (non-hydrogen) atoms. The lowest BCUT2D eigenvalue weighted by Gasteiger charge is -2.43. The van der Waals surface area contributed by atoms with Crippen molar-refractivity contribution in [1.82, 2.24) is 0 Å². The highest BCUT2D eigenvalue weighted by atomic mass is 16.8. The van der Waals surface area contributed by atoms with Crippen LogP contribution in [0.3, 0.4) is 0 Å². The van der Waals surface area contributed by atoms with Gasteiger partial charge in [-0.2, -0.15) is 0 Å². The van der Waals surface area contributed by atoms with Gasteiger partial charge in [-0.1, -0.05) is 6.92 Å². The molecule has 11 nitrogen and oxygen atoms in total. The van der Waals surface area contributed by atoms with Crippen molar-refractivity contribution in [2.75, 3.05) is 6.61 Å². The summed E-state index contributed by atoms with van der Waals surface area (Å²) in [5, 5.41) is 40.1. The van der Waals surface area contributed by atoms with Crippen LogP contribution >= 0.6 is 0 Å². The minimum Gasteiger partial charge on any atom is -0.478 e. The minimum absolute atomic E-state index is 0.0811. The van der Waals surface area contributed by atoms with E-state index in [0.717, 1.165) is 12.7 Å². The fourth-order valence-electron chi connectivity index (χ4n) is 4.42. The fraction of sp³-hybridized carbons (Fsp3) is 0.750. The van der Waals surface area contributed by atoms with Crippen LogP contribution in [0.15, 0.2) is 11.8 Å². The Kier molecular flexibility index (Phi) is 7.32. The average Bonchev–Trinajstić information content (AvgIpc) is 3.09. The van der Waals surface area contributed by atoms with Crippen LogP contribution in [0.4, 0.5) is 0 Å². The van der Waals surface area contributed by atoms with Crippen LogP contribution in [0.1, 0.15) is 33.1 Å². The van der Waals surface area contributed by atoms with Gasteiger partial charge in [0.1, 0.15) is 43.2 Å². The van der Waals surface area contributed by atoms with E-state index < -0.39 is 67.7 Å². The molecular weight excluding hydrogens is 416 g/mol. The number of rotatable bonds is 7. The Morgan fingerprint density at radius 3 is 2.45 bits per heavy atom. The number of carbonyl (C=O) groups is 3. The van der Waals surface area contributed by atoms with Crippen LogP contribution in [0.25, 0.3) is 0 Å². The first-order chi connectivity index (χ1) is 14.6. The standard InChI is InChI=1S/C20H28O11/c1-8-3-4-10-11(18(26)27)6-29-19(14(8)10)31-20-17(25)16(24)15(23)12(30-20)7-28-13(22)5-9(2)21/h6,8,10,12,14-17,19-20,23-25H,3-5,7H2,1-2H3,(H,26,27)/t8-,10-,12+,14-,15+,16-,17+,19+,20-/m0/s1. The van der Waals surface area contributed by atoms with Gasteiger partial charge >= 0.3 is 11.9 Å². The van der Waals surface area contributed by atoms with Gasteiger partial charge in [-0.15, -0.1) is 0 Å². The van der Waals surface area contributed by atoms with Crippen molar-refractivity contribution in [3.05, 3.63) is 11.8 Å². The predicted octanol–water partition coefficient (Wildman–Crippen LogP) is -0.680. The predicted molar refractivity (Wildman–Crippen MR) is 100.0 cm³/mol. The number of hydrogen-bond acceptors (Lipinski definition) is 10. The van der Waals surface area contributed by atoms with Crippen molar-refractivity contribution in [2.45, 2.75) is 70.1 Å². The van der Waals surface area contributed by atoms with E-state index in [1.165, 1.54) is 6.92 Å². The molecule has 0 bridgehead atoms. The van der Waals surface area contributed by atoms with Crippen molar-refractivity contribution >= 4 is 17.7 Å². The molecule has 0 radical (unpaired) electrons.